The fraction of sp³-hybridized carbons (Fsp3) is 0.263. The molecule has 0 saturated heterocycles. The molecule has 132 valence electrons. The average Bonchev–Trinajstić information content (AvgIpc) is 2.56. The third kappa shape index (κ3) is 5.48. The van der Waals surface area contributed by atoms with E-state index >= 15 is 0 Å². The lowest BCUT2D eigenvalue weighted by molar-refractivity contribution is -0.123. The standard InChI is InChI=1S/C19H20Cl2N2O2/c1-12(2)14-8-7-13(3)18(9-14)25-11-19(24)23-22-10-15-16(20)5-4-6-17(15)21/h4-10,12H,11H2,1-3H3,(H,23,24)/b22-10+. The van der Waals surface area contributed by atoms with Gasteiger partial charge in [-0.3, -0.25) is 4.79 Å². The van der Waals surface area contributed by atoms with Crippen LogP contribution in [-0.2, 0) is 4.79 Å². The summed E-state index contributed by atoms with van der Waals surface area (Å²) in [4.78, 5) is 11.9. The summed E-state index contributed by atoms with van der Waals surface area (Å²) in [5.74, 6) is 0.718. The van der Waals surface area contributed by atoms with Crippen molar-refractivity contribution in [1.29, 1.82) is 0 Å². The van der Waals surface area contributed by atoms with Gasteiger partial charge < -0.3 is 4.74 Å². The molecule has 2 rings (SSSR count). The zero-order valence-electron chi connectivity index (χ0n) is 14.3. The number of hydrogen-bond acceptors (Lipinski definition) is 3. The van der Waals surface area contributed by atoms with Crippen molar-refractivity contribution in [3.8, 4) is 5.75 Å². The smallest absolute Gasteiger partial charge is 0.277 e. The summed E-state index contributed by atoms with van der Waals surface area (Å²) >= 11 is 12.1. The first-order valence-electron chi connectivity index (χ1n) is 7.87. The first kappa shape index (κ1) is 19.3. The van der Waals surface area contributed by atoms with Crippen LogP contribution < -0.4 is 10.2 Å². The summed E-state index contributed by atoms with van der Waals surface area (Å²) in [5.41, 5.74) is 5.08. The summed E-state index contributed by atoms with van der Waals surface area (Å²) in [6.07, 6.45) is 1.41. The second kappa shape index (κ2) is 8.88. The van der Waals surface area contributed by atoms with Gasteiger partial charge in [0.05, 0.1) is 16.3 Å². The van der Waals surface area contributed by atoms with Gasteiger partial charge in [0.2, 0.25) is 0 Å². The number of carbonyl (C=O) groups is 1. The second-order valence-electron chi connectivity index (χ2n) is 5.90. The van der Waals surface area contributed by atoms with Crippen LogP contribution in [0.4, 0.5) is 0 Å². The van der Waals surface area contributed by atoms with Crippen molar-refractivity contribution in [2.45, 2.75) is 26.7 Å². The van der Waals surface area contributed by atoms with Crippen molar-refractivity contribution in [1.82, 2.24) is 5.43 Å². The van der Waals surface area contributed by atoms with Crippen LogP contribution in [0.1, 0.15) is 36.5 Å². The Morgan fingerprint density at radius 2 is 1.92 bits per heavy atom. The molecule has 0 heterocycles. The Morgan fingerprint density at radius 1 is 1.24 bits per heavy atom. The van der Waals surface area contributed by atoms with Crippen LogP contribution in [0.3, 0.4) is 0 Å². The summed E-state index contributed by atoms with van der Waals surface area (Å²) < 4.78 is 5.60. The van der Waals surface area contributed by atoms with Gasteiger partial charge in [-0.25, -0.2) is 5.43 Å². The summed E-state index contributed by atoms with van der Waals surface area (Å²) in [6, 6.07) is 11.1. The zero-order chi connectivity index (χ0) is 18.4. The number of nitrogens with one attached hydrogen (secondary N) is 1. The lowest BCUT2D eigenvalue weighted by Gasteiger charge is -2.12. The third-order valence-electron chi connectivity index (χ3n) is 3.62. The molecule has 1 N–H and O–H groups in total. The lowest BCUT2D eigenvalue weighted by atomic mass is 10.0. The monoisotopic (exact) mass is 378 g/mol. The number of amides is 1. The minimum absolute atomic E-state index is 0.129. The second-order valence-corrected chi connectivity index (χ2v) is 6.71. The number of nitrogens with zero attached hydrogens (tertiary/aromatic N) is 1. The first-order chi connectivity index (χ1) is 11.9. The van der Waals surface area contributed by atoms with Crippen LogP contribution >= 0.6 is 23.2 Å². The molecule has 0 aromatic heterocycles. The van der Waals surface area contributed by atoms with Gasteiger partial charge >= 0.3 is 0 Å². The van der Waals surface area contributed by atoms with E-state index in [2.05, 4.69) is 30.4 Å². The van der Waals surface area contributed by atoms with Gasteiger partial charge in [-0.15, -0.1) is 0 Å². The molecule has 0 aliphatic carbocycles. The molecule has 0 radical (unpaired) electrons. The molecule has 0 fully saturated rings. The van der Waals surface area contributed by atoms with Gasteiger partial charge in [0, 0.05) is 5.56 Å². The summed E-state index contributed by atoms with van der Waals surface area (Å²) in [6.45, 7) is 6.02. The van der Waals surface area contributed by atoms with E-state index in [1.54, 1.807) is 18.2 Å². The molecular formula is C19H20Cl2N2O2. The van der Waals surface area contributed by atoms with E-state index in [1.165, 1.54) is 6.21 Å². The molecule has 6 heteroatoms. The van der Waals surface area contributed by atoms with Crippen LogP contribution in [0.25, 0.3) is 0 Å². The maximum absolute atomic E-state index is 11.9. The Kier molecular flexibility index (Phi) is 6.85. The predicted octanol–water partition coefficient (Wildman–Crippen LogP) is 4.95. The molecule has 25 heavy (non-hydrogen) atoms. The normalized spacial score (nSPS) is 11.1. The Balaban J connectivity index is 1.93. The molecule has 0 unspecified atom stereocenters. The molecule has 0 aliphatic heterocycles. The van der Waals surface area contributed by atoms with E-state index in [4.69, 9.17) is 27.9 Å². The van der Waals surface area contributed by atoms with Gasteiger partial charge in [-0.1, -0.05) is 55.2 Å². The maximum atomic E-state index is 11.9. The number of hydrogen-bond donors (Lipinski definition) is 1. The molecule has 0 spiro atoms. The van der Waals surface area contributed by atoms with Crippen LogP contribution in [0.2, 0.25) is 10.0 Å². The fourth-order valence-electron chi connectivity index (χ4n) is 2.11. The third-order valence-corrected chi connectivity index (χ3v) is 4.28. The van der Waals surface area contributed by atoms with Crippen LogP contribution in [0, 0.1) is 6.92 Å². The highest BCUT2D eigenvalue weighted by Crippen LogP contribution is 2.24. The number of hydrazone groups is 1. The van der Waals surface area contributed by atoms with Crippen molar-refractivity contribution in [3.05, 3.63) is 63.1 Å². The number of rotatable bonds is 6. The minimum Gasteiger partial charge on any atom is -0.483 e. The van der Waals surface area contributed by atoms with E-state index in [9.17, 15) is 4.79 Å². The van der Waals surface area contributed by atoms with E-state index in [-0.39, 0.29) is 12.5 Å². The molecule has 0 aliphatic rings. The molecular weight excluding hydrogens is 359 g/mol. The molecule has 1 amide bonds. The van der Waals surface area contributed by atoms with Gasteiger partial charge in [0.15, 0.2) is 6.61 Å². The van der Waals surface area contributed by atoms with Gasteiger partial charge in [0.25, 0.3) is 5.91 Å². The van der Waals surface area contributed by atoms with Crippen molar-refractivity contribution in [3.63, 3.8) is 0 Å². The number of ether oxygens (including phenoxy) is 1. The fourth-order valence-corrected chi connectivity index (χ4v) is 2.60. The van der Waals surface area contributed by atoms with E-state index in [1.807, 2.05) is 19.1 Å². The molecule has 2 aromatic carbocycles. The Labute approximate surface area is 157 Å². The minimum atomic E-state index is -0.367. The molecule has 0 bridgehead atoms. The van der Waals surface area contributed by atoms with Crippen molar-refractivity contribution in [2.24, 2.45) is 5.10 Å². The van der Waals surface area contributed by atoms with Gasteiger partial charge in [0.1, 0.15) is 5.75 Å². The highest BCUT2D eigenvalue weighted by atomic mass is 35.5. The van der Waals surface area contributed by atoms with Gasteiger partial charge in [-0.05, 0) is 42.2 Å². The van der Waals surface area contributed by atoms with Crippen molar-refractivity contribution in [2.75, 3.05) is 6.61 Å². The molecule has 0 atom stereocenters. The van der Waals surface area contributed by atoms with Crippen LogP contribution in [0.5, 0.6) is 5.75 Å². The van der Waals surface area contributed by atoms with Gasteiger partial charge in [-0.2, -0.15) is 5.10 Å². The molecule has 0 saturated carbocycles. The van der Waals surface area contributed by atoms with Crippen molar-refractivity contribution < 1.29 is 9.53 Å². The van der Waals surface area contributed by atoms with Crippen LogP contribution in [-0.4, -0.2) is 18.7 Å². The topological polar surface area (TPSA) is 50.7 Å². The van der Waals surface area contributed by atoms with Crippen molar-refractivity contribution >= 4 is 35.3 Å². The maximum Gasteiger partial charge on any atom is 0.277 e. The zero-order valence-corrected chi connectivity index (χ0v) is 15.9. The number of carbonyl (C=O) groups excluding carboxylic acids is 1. The summed E-state index contributed by atoms with van der Waals surface area (Å²) in [5, 5.41) is 4.79. The first-order valence-corrected chi connectivity index (χ1v) is 8.63. The highest BCUT2D eigenvalue weighted by molar-refractivity contribution is 6.38. The van der Waals surface area contributed by atoms with Crippen LogP contribution in [0.15, 0.2) is 41.5 Å². The Bertz CT molecular complexity index is 769. The van der Waals surface area contributed by atoms with E-state index < -0.39 is 0 Å². The molecule has 2 aromatic rings. The number of halogens is 2. The lowest BCUT2D eigenvalue weighted by Crippen LogP contribution is -2.24. The van der Waals surface area contributed by atoms with E-state index in [0.29, 0.717) is 27.3 Å². The van der Waals surface area contributed by atoms with E-state index in [0.717, 1.165) is 11.1 Å². The Hall–Kier alpha value is -2.04. The highest BCUT2D eigenvalue weighted by Gasteiger charge is 2.08. The summed E-state index contributed by atoms with van der Waals surface area (Å²) in [7, 11) is 0. The number of benzene rings is 2. The predicted molar refractivity (Wildman–Crippen MR) is 103 cm³/mol. The Morgan fingerprint density at radius 3 is 2.56 bits per heavy atom. The molecule has 4 nitrogen and oxygen atoms in total. The number of aryl methyl sites for hydroxylation is 1. The quantitative estimate of drug-likeness (QED) is 0.570. The average molecular weight is 379 g/mol. The SMILES string of the molecule is Cc1ccc(C(C)C)cc1OCC(=O)N/N=C/c1c(Cl)cccc1Cl. The largest absolute Gasteiger partial charge is 0.483 e.